The Labute approximate surface area is 146 Å². The summed E-state index contributed by atoms with van der Waals surface area (Å²) in [6, 6.07) is 7.57. The zero-order valence-electron chi connectivity index (χ0n) is 14.6. The van der Waals surface area contributed by atoms with Gasteiger partial charge < -0.3 is 19.3 Å². The summed E-state index contributed by atoms with van der Waals surface area (Å²) in [6.07, 6.45) is 0. The number of amides is 1. The number of aromatic nitrogens is 1. The van der Waals surface area contributed by atoms with Crippen molar-refractivity contribution in [2.24, 2.45) is 0 Å². The molecule has 0 radical (unpaired) electrons. The van der Waals surface area contributed by atoms with Gasteiger partial charge in [0.2, 0.25) is 0 Å². The Morgan fingerprint density at radius 1 is 1.28 bits per heavy atom. The van der Waals surface area contributed by atoms with Crippen molar-refractivity contribution < 1.29 is 18.8 Å². The lowest BCUT2D eigenvalue weighted by molar-refractivity contribution is 0.0339. The predicted molar refractivity (Wildman–Crippen MR) is 91.5 cm³/mol. The van der Waals surface area contributed by atoms with Gasteiger partial charge in [-0.25, -0.2) is 0 Å². The van der Waals surface area contributed by atoms with Crippen LogP contribution in [0.1, 0.15) is 27.4 Å². The Kier molecular flexibility index (Phi) is 5.67. The molecule has 0 unspecified atom stereocenters. The number of hydrogen-bond donors (Lipinski definition) is 1. The number of ether oxygens (including phenoxy) is 2. The zero-order valence-corrected chi connectivity index (χ0v) is 14.6. The molecule has 1 fully saturated rings. The fourth-order valence-electron chi connectivity index (χ4n) is 2.75. The number of morpholine rings is 1. The van der Waals surface area contributed by atoms with Gasteiger partial charge in [-0.1, -0.05) is 17.3 Å². The number of methoxy groups -OCH3 is 1. The molecule has 2 heterocycles. The van der Waals surface area contributed by atoms with E-state index in [-0.39, 0.29) is 5.91 Å². The van der Waals surface area contributed by atoms with Crippen LogP contribution < -0.4 is 10.1 Å². The number of aryl methyl sites for hydroxylation is 1. The molecule has 1 aromatic carbocycles. The fraction of sp³-hybridized carbons (Fsp3) is 0.444. The number of benzene rings is 1. The van der Waals surface area contributed by atoms with Crippen LogP contribution in [0.25, 0.3) is 0 Å². The molecule has 1 aromatic heterocycles. The second-order valence-corrected chi connectivity index (χ2v) is 5.99. The molecule has 134 valence electrons. The van der Waals surface area contributed by atoms with Gasteiger partial charge in [0.1, 0.15) is 11.5 Å². The number of nitrogens with zero attached hydrogens (tertiary/aromatic N) is 2. The van der Waals surface area contributed by atoms with Crippen LogP contribution >= 0.6 is 0 Å². The van der Waals surface area contributed by atoms with Crippen LogP contribution in [0.4, 0.5) is 0 Å². The molecule has 1 aliphatic heterocycles. The first-order chi connectivity index (χ1) is 12.2. The molecule has 0 aliphatic carbocycles. The maximum Gasteiger partial charge on any atom is 0.274 e. The van der Waals surface area contributed by atoms with Crippen LogP contribution in [0.5, 0.6) is 5.75 Å². The first kappa shape index (κ1) is 17.4. The van der Waals surface area contributed by atoms with Crippen molar-refractivity contribution in [3.8, 4) is 5.75 Å². The lowest BCUT2D eigenvalue weighted by atomic mass is 10.1. The third-order valence-corrected chi connectivity index (χ3v) is 4.30. The smallest absolute Gasteiger partial charge is 0.274 e. The van der Waals surface area contributed by atoms with Crippen LogP contribution in [0.3, 0.4) is 0 Å². The van der Waals surface area contributed by atoms with Crippen molar-refractivity contribution in [1.29, 1.82) is 0 Å². The average molecular weight is 345 g/mol. The van der Waals surface area contributed by atoms with Crippen molar-refractivity contribution in [1.82, 2.24) is 15.4 Å². The van der Waals surface area contributed by atoms with Gasteiger partial charge in [0.05, 0.1) is 20.3 Å². The SMILES string of the molecule is COc1ccc(CNC(=O)c2noc(C)c2CN2CCOCC2)cc1. The van der Waals surface area contributed by atoms with Gasteiger partial charge >= 0.3 is 0 Å². The molecule has 3 rings (SSSR count). The molecule has 2 aromatic rings. The second kappa shape index (κ2) is 8.13. The summed E-state index contributed by atoms with van der Waals surface area (Å²) in [5, 5.41) is 6.85. The molecule has 0 bridgehead atoms. The second-order valence-electron chi connectivity index (χ2n) is 5.99. The Morgan fingerprint density at radius 2 is 2.00 bits per heavy atom. The quantitative estimate of drug-likeness (QED) is 0.860. The highest BCUT2D eigenvalue weighted by Gasteiger charge is 2.22. The topological polar surface area (TPSA) is 76.8 Å². The summed E-state index contributed by atoms with van der Waals surface area (Å²) in [6.45, 7) is 6.01. The Balaban J connectivity index is 1.63. The summed E-state index contributed by atoms with van der Waals surface area (Å²) in [7, 11) is 1.62. The van der Waals surface area contributed by atoms with E-state index in [2.05, 4.69) is 15.4 Å². The molecule has 1 aliphatic rings. The van der Waals surface area contributed by atoms with E-state index in [1.54, 1.807) is 7.11 Å². The molecule has 1 saturated heterocycles. The number of carbonyl (C=O) groups excluding carboxylic acids is 1. The molecule has 7 nitrogen and oxygen atoms in total. The summed E-state index contributed by atoms with van der Waals surface area (Å²) in [4.78, 5) is 14.8. The van der Waals surface area contributed by atoms with Gasteiger partial charge in [-0.2, -0.15) is 0 Å². The molecular weight excluding hydrogens is 322 g/mol. The van der Waals surface area contributed by atoms with Crippen molar-refractivity contribution in [2.45, 2.75) is 20.0 Å². The monoisotopic (exact) mass is 345 g/mol. The summed E-state index contributed by atoms with van der Waals surface area (Å²) < 4.78 is 15.7. The Morgan fingerprint density at radius 3 is 2.68 bits per heavy atom. The minimum Gasteiger partial charge on any atom is -0.497 e. The molecular formula is C18H23N3O4. The highest BCUT2D eigenvalue weighted by molar-refractivity contribution is 5.93. The number of hydrogen-bond acceptors (Lipinski definition) is 6. The largest absolute Gasteiger partial charge is 0.497 e. The summed E-state index contributed by atoms with van der Waals surface area (Å²) in [5.41, 5.74) is 2.19. The molecule has 1 amide bonds. The average Bonchev–Trinajstić information content (AvgIpc) is 3.01. The molecule has 7 heteroatoms. The fourth-order valence-corrected chi connectivity index (χ4v) is 2.75. The first-order valence-electron chi connectivity index (χ1n) is 8.33. The van der Waals surface area contributed by atoms with Crippen LogP contribution in [0, 0.1) is 6.92 Å². The third-order valence-electron chi connectivity index (χ3n) is 4.30. The third kappa shape index (κ3) is 4.37. The van der Waals surface area contributed by atoms with Gasteiger partial charge in [-0.05, 0) is 24.6 Å². The molecule has 25 heavy (non-hydrogen) atoms. The Bertz CT molecular complexity index is 706. The lowest BCUT2D eigenvalue weighted by Crippen LogP contribution is -2.36. The minimum absolute atomic E-state index is 0.226. The standard InChI is InChI=1S/C18H23N3O4/c1-13-16(12-21-7-9-24-10-8-21)17(20-25-13)18(22)19-11-14-3-5-15(23-2)6-4-14/h3-6H,7-12H2,1-2H3,(H,19,22). The van der Waals surface area contributed by atoms with E-state index in [9.17, 15) is 4.79 Å². The van der Waals surface area contributed by atoms with Crippen molar-refractivity contribution in [2.75, 3.05) is 33.4 Å². The summed E-state index contributed by atoms with van der Waals surface area (Å²) in [5.74, 6) is 1.24. The van der Waals surface area contributed by atoms with Crippen LogP contribution in [-0.4, -0.2) is 49.4 Å². The van der Waals surface area contributed by atoms with E-state index in [0.29, 0.717) is 37.8 Å². The molecule has 0 spiro atoms. The van der Waals surface area contributed by atoms with E-state index >= 15 is 0 Å². The van der Waals surface area contributed by atoms with Gasteiger partial charge in [0.15, 0.2) is 5.69 Å². The first-order valence-corrected chi connectivity index (χ1v) is 8.33. The van der Waals surface area contributed by atoms with E-state index in [1.165, 1.54) is 0 Å². The van der Waals surface area contributed by atoms with Gasteiger partial charge in [0, 0.05) is 31.7 Å². The molecule has 1 N–H and O–H groups in total. The Hall–Kier alpha value is -2.38. The zero-order chi connectivity index (χ0) is 17.6. The van der Waals surface area contributed by atoms with Gasteiger partial charge in [-0.15, -0.1) is 0 Å². The predicted octanol–water partition coefficient (Wildman–Crippen LogP) is 1.75. The maximum absolute atomic E-state index is 12.5. The highest BCUT2D eigenvalue weighted by Crippen LogP contribution is 2.17. The van der Waals surface area contributed by atoms with Gasteiger partial charge in [0.25, 0.3) is 5.91 Å². The lowest BCUT2D eigenvalue weighted by Gasteiger charge is -2.26. The van der Waals surface area contributed by atoms with Crippen molar-refractivity contribution in [3.05, 3.63) is 46.8 Å². The normalized spacial score (nSPS) is 15.1. The van der Waals surface area contributed by atoms with E-state index in [1.807, 2.05) is 31.2 Å². The minimum atomic E-state index is -0.226. The van der Waals surface area contributed by atoms with E-state index < -0.39 is 0 Å². The van der Waals surface area contributed by atoms with Crippen molar-refractivity contribution in [3.63, 3.8) is 0 Å². The van der Waals surface area contributed by atoms with Gasteiger partial charge in [-0.3, -0.25) is 9.69 Å². The van der Waals surface area contributed by atoms with E-state index in [0.717, 1.165) is 30.0 Å². The molecule has 0 saturated carbocycles. The van der Waals surface area contributed by atoms with Crippen molar-refractivity contribution >= 4 is 5.91 Å². The summed E-state index contributed by atoms with van der Waals surface area (Å²) >= 11 is 0. The number of nitrogens with one attached hydrogen (secondary N) is 1. The number of rotatable bonds is 6. The maximum atomic E-state index is 12.5. The van der Waals surface area contributed by atoms with Crippen LogP contribution in [0.2, 0.25) is 0 Å². The van der Waals surface area contributed by atoms with Crippen LogP contribution in [-0.2, 0) is 17.8 Å². The number of carbonyl (C=O) groups is 1. The van der Waals surface area contributed by atoms with Crippen LogP contribution in [0.15, 0.2) is 28.8 Å². The molecule has 0 atom stereocenters. The van der Waals surface area contributed by atoms with E-state index in [4.69, 9.17) is 14.0 Å². The highest BCUT2D eigenvalue weighted by atomic mass is 16.5.